The highest BCUT2D eigenvalue weighted by atomic mass is 32.2. The Kier molecular flexibility index (Phi) is 5.34. The van der Waals surface area contributed by atoms with Crippen molar-refractivity contribution in [3.63, 3.8) is 0 Å². The van der Waals surface area contributed by atoms with Gasteiger partial charge in [-0.05, 0) is 42.0 Å². The van der Waals surface area contributed by atoms with E-state index in [0.717, 1.165) is 40.5 Å². The first-order valence-electron chi connectivity index (χ1n) is 10.0. The average Bonchev–Trinajstić information content (AvgIpc) is 3.53. The summed E-state index contributed by atoms with van der Waals surface area (Å²) in [6.07, 6.45) is 1.70. The van der Waals surface area contributed by atoms with Gasteiger partial charge in [0.1, 0.15) is 0 Å². The smallest absolute Gasteiger partial charge is 0.263 e. The van der Waals surface area contributed by atoms with E-state index in [1.54, 1.807) is 0 Å². The van der Waals surface area contributed by atoms with Gasteiger partial charge in [-0.2, -0.15) is 0 Å². The van der Waals surface area contributed by atoms with E-state index in [1.165, 1.54) is 11.3 Å². The lowest BCUT2D eigenvalue weighted by molar-refractivity contribution is -0.122. The standard InChI is InChI=1S/C21H23N3O4S2/c25-19(22-11-14-3-4-16-17(10-14)28-13-27-16)15-12-30-21(23-15)5-7-24(8-6-21)20(26)18-2-1-9-29-18/h1-4,9-10,15,23H,5-8,11-13H2,(H,22,25). The van der Waals surface area contributed by atoms with Crippen molar-refractivity contribution in [3.8, 4) is 11.5 Å². The van der Waals surface area contributed by atoms with Gasteiger partial charge in [0, 0.05) is 25.4 Å². The number of carbonyl (C=O) groups is 2. The normalized spacial score (nSPS) is 21.7. The minimum Gasteiger partial charge on any atom is -0.454 e. The van der Waals surface area contributed by atoms with Crippen LogP contribution in [-0.4, -0.2) is 53.3 Å². The third-order valence-corrected chi connectivity index (χ3v) is 8.21. The van der Waals surface area contributed by atoms with E-state index in [1.807, 2.05) is 52.4 Å². The van der Waals surface area contributed by atoms with E-state index in [4.69, 9.17) is 9.47 Å². The van der Waals surface area contributed by atoms with Crippen LogP contribution in [-0.2, 0) is 11.3 Å². The largest absolute Gasteiger partial charge is 0.454 e. The quantitative estimate of drug-likeness (QED) is 0.753. The fourth-order valence-electron chi connectivity index (χ4n) is 4.06. The Hall–Kier alpha value is -2.23. The molecule has 3 aliphatic rings. The Morgan fingerprint density at radius 2 is 2.03 bits per heavy atom. The first-order chi connectivity index (χ1) is 14.6. The van der Waals surface area contributed by atoms with E-state index < -0.39 is 0 Å². The Morgan fingerprint density at radius 1 is 1.20 bits per heavy atom. The van der Waals surface area contributed by atoms with E-state index in [2.05, 4.69) is 10.6 Å². The summed E-state index contributed by atoms with van der Waals surface area (Å²) in [5, 5.41) is 8.50. The number of rotatable bonds is 4. The molecule has 1 atom stereocenters. The monoisotopic (exact) mass is 445 g/mol. The average molecular weight is 446 g/mol. The van der Waals surface area contributed by atoms with Crippen LogP contribution >= 0.6 is 23.1 Å². The Morgan fingerprint density at radius 3 is 2.83 bits per heavy atom. The SMILES string of the molecule is O=C(NCc1ccc2c(c1)OCO2)C1CSC2(CCN(C(=O)c3cccs3)CC2)N1. The van der Waals surface area contributed by atoms with Crippen LogP contribution in [0, 0.1) is 0 Å². The lowest BCUT2D eigenvalue weighted by Crippen LogP contribution is -2.54. The molecule has 1 aromatic carbocycles. The number of benzene rings is 1. The molecule has 2 amide bonds. The summed E-state index contributed by atoms with van der Waals surface area (Å²) in [5.74, 6) is 2.32. The lowest BCUT2D eigenvalue weighted by atomic mass is 10.0. The number of amides is 2. The van der Waals surface area contributed by atoms with Crippen LogP contribution in [0.4, 0.5) is 0 Å². The maximum Gasteiger partial charge on any atom is 0.263 e. The second-order valence-corrected chi connectivity index (χ2v) is 10.0. The Bertz CT molecular complexity index is 942. The maximum atomic E-state index is 12.7. The molecule has 2 N–H and O–H groups in total. The van der Waals surface area contributed by atoms with Crippen molar-refractivity contribution in [2.45, 2.75) is 30.3 Å². The predicted molar refractivity (Wildman–Crippen MR) is 116 cm³/mol. The zero-order valence-corrected chi connectivity index (χ0v) is 18.0. The summed E-state index contributed by atoms with van der Waals surface area (Å²) >= 11 is 3.29. The van der Waals surface area contributed by atoms with Gasteiger partial charge in [0.2, 0.25) is 12.7 Å². The molecule has 0 bridgehead atoms. The summed E-state index contributed by atoms with van der Waals surface area (Å²) in [4.78, 5) is 27.9. The molecule has 158 valence electrons. The van der Waals surface area contributed by atoms with Crippen molar-refractivity contribution in [3.05, 3.63) is 46.2 Å². The van der Waals surface area contributed by atoms with E-state index in [9.17, 15) is 9.59 Å². The van der Waals surface area contributed by atoms with Crippen molar-refractivity contribution >= 4 is 34.9 Å². The Balaban J connectivity index is 1.12. The minimum atomic E-state index is -0.219. The summed E-state index contributed by atoms with van der Waals surface area (Å²) in [6, 6.07) is 9.27. The minimum absolute atomic E-state index is 0.00846. The molecule has 0 aliphatic carbocycles. The molecule has 2 aromatic rings. The number of fused-ring (bicyclic) bond motifs is 1. The molecule has 2 saturated heterocycles. The third kappa shape index (κ3) is 3.89. The fourth-order valence-corrected chi connectivity index (χ4v) is 6.17. The summed E-state index contributed by atoms with van der Waals surface area (Å²) < 4.78 is 10.7. The van der Waals surface area contributed by atoms with Crippen molar-refractivity contribution < 1.29 is 19.1 Å². The number of hydrogen-bond acceptors (Lipinski definition) is 7. The lowest BCUT2D eigenvalue weighted by Gasteiger charge is -2.39. The van der Waals surface area contributed by atoms with Gasteiger partial charge in [-0.3, -0.25) is 14.9 Å². The number of nitrogens with one attached hydrogen (secondary N) is 2. The van der Waals surface area contributed by atoms with Crippen molar-refractivity contribution in [2.24, 2.45) is 0 Å². The van der Waals surface area contributed by atoms with Crippen LogP contribution in [0.25, 0.3) is 0 Å². The summed E-state index contributed by atoms with van der Waals surface area (Å²) in [5.41, 5.74) is 0.980. The van der Waals surface area contributed by atoms with Crippen LogP contribution in [0.5, 0.6) is 11.5 Å². The molecule has 2 fully saturated rings. The Labute approximate surface area is 183 Å². The predicted octanol–water partition coefficient (Wildman–Crippen LogP) is 2.43. The summed E-state index contributed by atoms with van der Waals surface area (Å²) in [6.45, 7) is 2.12. The molecule has 3 aliphatic heterocycles. The molecule has 1 aromatic heterocycles. The number of likely N-dealkylation sites (tertiary alicyclic amines) is 1. The number of thioether (sulfide) groups is 1. The van der Waals surface area contributed by atoms with Crippen LogP contribution < -0.4 is 20.1 Å². The molecule has 5 rings (SSSR count). The number of carbonyl (C=O) groups excluding carboxylic acids is 2. The molecule has 4 heterocycles. The number of ether oxygens (including phenoxy) is 2. The van der Waals surface area contributed by atoms with Gasteiger partial charge in [0.15, 0.2) is 11.5 Å². The molecule has 1 spiro atoms. The number of piperidine rings is 1. The van der Waals surface area contributed by atoms with Gasteiger partial charge in [0.25, 0.3) is 5.91 Å². The molecular formula is C21H23N3O4S2. The first kappa shape index (κ1) is 19.7. The number of hydrogen-bond donors (Lipinski definition) is 2. The number of thiophene rings is 1. The van der Waals surface area contributed by atoms with Gasteiger partial charge in [-0.15, -0.1) is 23.1 Å². The molecular weight excluding hydrogens is 422 g/mol. The second-order valence-electron chi connectivity index (χ2n) is 7.68. The highest BCUT2D eigenvalue weighted by Gasteiger charge is 2.44. The van der Waals surface area contributed by atoms with Crippen LogP contribution in [0.2, 0.25) is 0 Å². The van der Waals surface area contributed by atoms with Gasteiger partial charge >= 0.3 is 0 Å². The molecule has 0 saturated carbocycles. The van der Waals surface area contributed by atoms with Crippen LogP contribution in [0.3, 0.4) is 0 Å². The van der Waals surface area contributed by atoms with Gasteiger partial charge in [-0.25, -0.2) is 0 Å². The van der Waals surface area contributed by atoms with Crippen molar-refractivity contribution in [1.82, 2.24) is 15.5 Å². The topological polar surface area (TPSA) is 79.9 Å². The molecule has 0 radical (unpaired) electrons. The van der Waals surface area contributed by atoms with E-state index >= 15 is 0 Å². The van der Waals surface area contributed by atoms with E-state index in [-0.39, 0.29) is 29.5 Å². The third-order valence-electron chi connectivity index (χ3n) is 5.77. The van der Waals surface area contributed by atoms with Crippen molar-refractivity contribution in [1.29, 1.82) is 0 Å². The highest BCUT2D eigenvalue weighted by molar-refractivity contribution is 8.01. The second kappa shape index (κ2) is 8.13. The zero-order chi connectivity index (χ0) is 20.6. The highest BCUT2D eigenvalue weighted by Crippen LogP contribution is 2.39. The van der Waals surface area contributed by atoms with Crippen molar-refractivity contribution in [2.75, 3.05) is 25.6 Å². The van der Waals surface area contributed by atoms with Crippen LogP contribution in [0.1, 0.15) is 28.1 Å². The zero-order valence-electron chi connectivity index (χ0n) is 16.4. The summed E-state index contributed by atoms with van der Waals surface area (Å²) in [7, 11) is 0. The van der Waals surface area contributed by atoms with Gasteiger partial charge in [0.05, 0.1) is 15.8 Å². The van der Waals surface area contributed by atoms with E-state index in [0.29, 0.717) is 19.6 Å². The first-order valence-corrected chi connectivity index (χ1v) is 11.9. The fraction of sp³-hybridized carbons (Fsp3) is 0.429. The molecule has 1 unspecified atom stereocenters. The number of nitrogens with zero attached hydrogens (tertiary/aromatic N) is 1. The van der Waals surface area contributed by atoms with Gasteiger partial charge in [-0.1, -0.05) is 12.1 Å². The van der Waals surface area contributed by atoms with Crippen LogP contribution in [0.15, 0.2) is 35.7 Å². The van der Waals surface area contributed by atoms with Gasteiger partial charge < -0.3 is 19.7 Å². The molecule has 30 heavy (non-hydrogen) atoms. The molecule has 7 nitrogen and oxygen atoms in total. The molecule has 9 heteroatoms. The maximum absolute atomic E-state index is 12.7.